The fourth-order valence-corrected chi connectivity index (χ4v) is 2.48. The first kappa shape index (κ1) is 18.6. The van der Waals surface area contributed by atoms with E-state index in [4.69, 9.17) is 4.74 Å². The summed E-state index contributed by atoms with van der Waals surface area (Å²) in [6.07, 6.45) is 0.304. The predicted octanol–water partition coefficient (Wildman–Crippen LogP) is 4.21. The number of aromatic nitrogens is 3. The van der Waals surface area contributed by atoms with Crippen molar-refractivity contribution in [2.45, 2.75) is 33.3 Å². The van der Waals surface area contributed by atoms with Gasteiger partial charge in [-0.1, -0.05) is 13.0 Å². The Hall–Kier alpha value is -3.22. The van der Waals surface area contributed by atoms with Crippen LogP contribution in [0.2, 0.25) is 0 Å². The molecule has 0 saturated carbocycles. The second kappa shape index (κ2) is 7.99. The highest BCUT2D eigenvalue weighted by atomic mass is 19.1. The number of ether oxygens (including phenoxy) is 1. The Bertz CT molecular complexity index is 935. The average Bonchev–Trinajstić information content (AvgIpc) is 3.05. The van der Waals surface area contributed by atoms with Crippen LogP contribution in [-0.2, 0) is 4.79 Å². The zero-order chi connectivity index (χ0) is 19.4. The van der Waals surface area contributed by atoms with Gasteiger partial charge in [0.2, 0.25) is 5.91 Å². The van der Waals surface area contributed by atoms with Gasteiger partial charge < -0.3 is 10.1 Å². The lowest BCUT2D eigenvalue weighted by molar-refractivity contribution is -0.115. The number of halogens is 1. The van der Waals surface area contributed by atoms with Crippen LogP contribution >= 0.6 is 0 Å². The Balaban J connectivity index is 2.05. The summed E-state index contributed by atoms with van der Waals surface area (Å²) in [7, 11) is 0. The van der Waals surface area contributed by atoms with Gasteiger partial charge in [0.05, 0.1) is 11.8 Å². The van der Waals surface area contributed by atoms with Crippen molar-refractivity contribution in [1.82, 2.24) is 14.8 Å². The standard InChI is InChI=1S/C20H21FN4O2/c1-4-18(26)22-16-6-5-7-17(12-16)25-19(14-8-10-15(21)11-9-14)23-20(24-25)27-13(2)3/h5-13H,4H2,1-3H3,(H,22,26). The molecule has 0 saturated heterocycles. The lowest BCUT2D eigenvalue weighted by atomic mass is 10.2. The third-order valence-corrected chi connectivity index (χ3v) is 3.73. The maximum absolute atomic E-state index is 13.3. The minimum absolute atomic E-state index is 0.0756. The summed E-state index contributed by atoms with van der Waals surface area (Å²) in [5.41, 5.74) is 2.06. The van der Waals surface area contributed by atoms with E-state index in [1.165, 1.54) is 12.1 Å². The van der Waals surface area contributed by atoms with E-state index < -0.39 is 0 Å². The van der Waals surface area contributed by atoms with E-state index in [2.05, 4.69) is 15.4 Å². The number of nitrogens with zero attached hydrogens (tertiary/aromatic N) is 3. The summed E-state index contributed by atoms with van der Waals surface area (Å²) < 4.78 is 20.5. The van der Waals surface area contributed by atoms with E-state index in [0.29, 0.717) is 29.2 Å². The first-order valence-electron chi connectivity index (χ1n) is 8.76. The zero-order valence-corrected chi connectivity index (χ0v) is 15.4. The Morgan fingerprint density at radius 1 is 1.22 bits per heavy atom. The highest BCUT2D eigenvalue weighted by molar-refractivity contribution is 5.90. The molecule has 1 heterocycles. The van der Waals surface area contributed by atoms with Gasteiger partial charge in [-0.15, -0.1) is 5.10 Å². The van der Waals surface area contributed by atoms with Crippen molar-refractivity contribution >= 4 is 11.6 Å². The molecule has 0 radical (unpaired) electrons. The number of amides is 1. The zero-order valence-electron chi connectivity index (χ0n) is 15.4. The highest BCUT2D eigenvalue weighted by Crippen LogP contribution is 2.25. The molecule has 3 aromatic rings. The van der Waals surface area contributed by atoms with Gasteiger partial charge in [0.15, 0.2) is 5.82 Å². The molecule has 1 N–H and O–H groups in total. The molecule has 27 heavy (non-hydrogen) atoms. The Kier molecular flexibility index (Phi) is 5.49. The van der Waals surface area contributed by atoms with E-state index >= 15 is 0 Å². The number of benzene rings is 2. The molecule has 0 aliphatic carbocycles. The van der Waals surface area contributed by atoms with Crippen molar-refractivity contribution in [3.63, 3.8) is 0 Å². The molecule has 0 fully saturated rings. The van der Waals surface area contributed by atoms with Crippen LogP contribution < -0.4 is 10.1 Å². The molecule has 0 bridgehead atoms. The van der Waals surface area contributed by atoms with Crippen LogP contribution in [0.25, 0.3) is 17.1 Å². The quantitative estimate of drug-likeness (QED) is 0.708. The van der Waals surface area contributed by atoms with Gasteiger partial charge in [0.25, 0.3) is 0 Å². The van der Waals surface area contributed by atoms with E-state index in [-0.39, 0.29) is 23.8 Å². The van der Waals surface area contributed by atoms with Gasteiger partial charge in [-0.3, -0.25) is 4.79 Å². The molecular formula is C20H21FN4O2. The molecule has 0 unspecified atom stereocenters. The first-order chi connectivity index (χ1) is 13.0. The number of rotatable bonds is 6. The number of carbonyl (C=O) groups excluding carboxylic acids is 1. The molecule has 0 aliphatic rings. The van der Waals surface area contributed by atoms with Crippen molar-refractivity contribution in [3.05, 3.63) is 54.3 Å². The van der Waals surface area contributed by atoms with Crippen LogP contribution in [-0.4, -0.2) is 26.8 Å². The second-order valence-corrected chi connectivity index (χ2v) is 6.26. The van der Waals surface area contributed by atoms with Crippen LogP contribution in [0.3, 0.4) is 0 Å². The number of nitrogens with one attached hydrogen (secondary N) is 1. The number of hydrogen-bond acceptors (Lipinski definition) is 4. The van der Waals surface area contributed by atoms with Crippen molar-refractivity contribution in [2.75, 3.05) is 5.32 Å². The minimum atomic E-state index is -0.326. The SMILES string of the molecule is CCC(=O)Nc1cccc(-n2nc(OC(C)C)nc2-c2ccc(F)cc2)c1. The lowest BCUT2D eigenvalue weighted by Crippen LogP contribution is -2.10. The smallest absolute Gasteiger partial charge is 0.336 e. The molecule has 1 amide bonds. The fourth-order valence-electron chi connectivity index (χ4n) is 2.48. The topological polar surface area (TPSA) is 69.0 Å². The van der Waals surface area contributed by atoms with Crippen molar-refractivity contribution in [2.24, 2.45) is 0 Å². The van der Waals surface area contributed by atoms with Crippen molar-refractivity contribution in [1.29, 1.82) is 0 Å². The Morgan fingerprint density at radius 2 is 1.96 bits per heavy atom. The Labute approximate surface area is 157 Å². The van der Waals surface area contributed by atoms with Crippen LogP contribution in [0.15, 0.2) is 48.5 Å². The van der Waals surface area contributed by atoms with Crippen LogP contribution in [0, 0.1) is 5.82 Å². The predicted molar refractivity (Wildman–Crippen MR) is 101 cm³/mol. The summed E-state index contributed by atoms with van der Waals surface area (Å²) in [5.74, 6) is 0.116. The average molecular weight is 368 g/mol. The van der Waals surface area contributed by atoms with Crippen LogP contribution in [0.5, 0.6) is 6.01 Å². The van der Waals surface area contributed by atoms with Gasteiger partial charge in [-0.25, -0.2) is 9.07 Å². The largest absolute Gasteiger partial charge is 0.460 e. The summed E-state index contributed by atoms with van der Waals surface area (Å²) in [5, 5.41) is 7.26. The van der Waals surface area contributed by atoms with Gasteiger partial charge in [-0.05, 0) is 56.3 Å². The summed E-state index contributed by atoms with van der Waals surface area (Å²) in [4.78, 5) is 16.1. The third-order valence-electron chi connectivity index (χ3n) is 3.73. The van der Waals surface area contributed by atoms with Gasteiger partial charge >= 0.3 is 6.01 Å². The second-order valence-electron chi connectivity index (χ2n) is 6.26. The van der Waals surface area contributed by atoms with Crippen LogP contribution in [0.4, 0.5) is 10.1 Å². The molecule has 0 aliphatic heterocycles. The number of carbonyl (C=O) groups is 1. The highest BCUT2D eigenvalue weighted by Gasteiger charge is 2.16. The Morgan fingerprint density at radius 3 is 2.63 bits per heavy atom. The maximum Gasteiger partial charge on any atom is 0.336 e. The summed E-state index contributed by atoms with van der Waals surface area (Å²) in [6.45, 7) is 5.57. The normalized spacial score (nSPS) is 10.9. The van der Waals surface area contributed by atoms with E-state index in [1.807, 2.05) is 26.0 Å². The molecule has 0 spiro atoms. The monoisotopic (exact) mass is 368 g/mol. The molecule has 3 rings (SSSR count). The van der Waals surface area contributed by atoms with E-state index in [0.717, 1.165) is 0 Å². The number of hydrogen-bond donors (Lipinski definition) is 1. The van der Waals surface area contributed by atoms with Gasteiger partial charge in [0, 0.05) is 17.7 Å². The molecule has 0 atom stereocenters. The molecule has 140 valence electrons. The van der Waals surface area contributed by atoms with E-state index in [1.54, 1.807) is 35.9 Å². The van der Waals surface area contributed by atoms with Crippen molar-refractivity contribution < 1.29 is 13.9 Å². The molecule has 7 heteroatoms. The molecular weight excluding hydrogens is 347 g/mol. The van der Waals surface area contributed by atoms with Crippen LogP contribution in [0.1, 0.15) is 27.2 Å². The van der Waals surface area contributed by atoms with Crippen molar-refractivity contribution in [3.8, 4) is 23.1 Å². The summed E-state index contributed by atoms with van der Waals surface area (Å²) >= 11 is 0. The first-order valence-corrected chi connectivity index (χ1v) is 8.76. The molecule has 1 aromatic heterocycles. The van der Waals surface area contributed by atoms with Gasteiger partial charge in [-0.2, -0.15) is 4.98 Å². The fraction of sp³-hybridized carbons (Fsp3) is 0.250. The van der Waals surface area contributed by atoms with Gasteiger partial charge in [0.1, 0.15) is 5.82 Å². The third kappa shape index (κ3) is 4.49. The minimum Gasteiger partial charge on any atom is -0.460 e. The molecule has 6 nitrogen and oxygen atoms in total. The van der Waals surface area contributed by atoms with E-state index in [9.17, 15) is 9.18 Å². The number of anilines is 1. The maximum atomic E-state index is 13.3. The summed E-state index contributed by atoms with van der Waals surface area (Å²) in [6, 6.07) is 13.5. The lowest BCUT2D eigenvalue weighted by Gasteiger charge is -2.09. The molecule has 2 aromatic carbocycles.